The number of anilines is 2. The zero-order valence-electron chi connectivity index (χ0n) is 10.6. The van der Waals surface area contributed by atoms with Crippen molar-refractivity contribution in [2.75, 3.05) is 43.9 Å². The van der Waals surface area contributed by atoms with Gasteiger partial charge in [0.25, 0.3) is 0 Å². The number of rotatable bonds is 7. The third kappa shape index (κ3) is 4.47. The van der Waals surface area contributed by atoms with Crippen molar-refractivity contribution < 1.29 is 0 Å². The maximum absolute atomic E-state index is 4.22. The van der Waals surface area contributed by atoms with E-state index in [1.165, 1.54) is 0 Å². The van der Waals surface area contributed by atoms with Crippen molar-refractivity contribution in [3.8, 4) is 0 Å². The van der Waals surface area contributed by atoms with Crippen LogP contribution in [0.5, 0.6) is 0 Å². The molecule has 1 rings (SSSR count). The Balaban J connectivity index is 2.56. The second-order valence-electron chi connectivity index (χ2n) is 3.74. The van der Waals surface area contributed by atoms with E-state index < -0.39 is 0 Å². The van der Waals surface area contributed by atoms with Crippen molar-refractivity contribution in [2.24, 2.45) is 0 Å². The van der Waals surface area contributed by atoms with E-state index in [1.807, 2.05) is 6.92 Å². The van der Waals surface area contributed by atoms with Crippen LogP contribution in [0.2, 0.25) is 0 Å². The number of aromatic nitrogens is 2. The molecule has 1 aromatic rings. The summed E-state index contributed by atoms with van der Waals surface area (Å²) in [5, 5.41) is 6.48. The molecule has 0 amide bonds. The number of likely N-dealkylation sites (N-methyl/N-ethyl adjacent to an activating group) is 1. The van der Waals surface area contributed by atoms with Crippen molar-refractivity contribution in [3.63, 3.8) is 0 Å². The molecule has 0 aromatic carbocycles. The first-order valence-corrected chi connectivity index (χ1v) is 6.65. The average molecular weight is 302 g/mol. The summed E-state index contributed by atoms with van der Waals surface area (Å²) < 4.78 is 0.890. The minimum atomic E-state index is 0.828. The van der Waals surface area contributed by atoms with Gasteiger partial charge in [0.15, 0.2) is 0 Å². The van der Waals surface area contributed by atoms with Gasteiger partial charge in [-0.3, -0.25) is 0 Å². The first-order valence-electron chi connectivity index (χ1n) is 5.85. The van der Waals surface area contributed by atoms with E-state index in [9.17, 15) is 0 Å². The number of hydrogen-bond donors (Lipinski definition) is 2. The van der Waals surface area contributed by atoms with Crippen LogP contribution in [0.15, 0.2) is 10.8 Å². The Morgan fingerprint density at radius 3 is 2.47 bits per heavy atom. The topological polar surface area (TPSA) is 53.1 Å². The molecule has 0 aliphatic heterocycles. The van der Waals surface area contributed by atoms with E-state index in [0.717, 1.165) is 42.3 Å². The molecule has 0 bridgehead atoms. The van der Waals surface area contributed by atoms with Crippen LogP contribution in [0, 0.1) is 0 Å². The number of halogens is 1. The van der Waals surface area contributed by atoms with Crippen LogP contribution in [0.4, 0.5) is 11.6 Å². The highest BCUT2D eigenvalue weighted by molar-refractivity contribution is 9.10. The van der Waals surface area contributed by atoms with E-state index in [2.05, 4.69) is 55.4 Å². The summed E-state index contributed by atoms with van der Waals surface area (Å²) >= 11 is 3.50. The van der Waals surface area contributed by atoms with Crippen molar-refractivity contribution in [1.82, 2.24) is 14.9 Å². The summed E-state index contributed by atoms with van der Waals surface area (Å²) in [5.74, 6) is 1.66. The molecule has 0 atom stereocenters. The van der Waals surface area contributed by atoms with E-state index in [0.29, 0.717) is 0 Å². The second kappa shape index (κ2) is 7.45. The van der Waals surface area contributed by atoms with Gasteiger partial charge in [0.1, 0.15) is 22.4 Å². The van der Waals surface area contributed by atoms with E-state index >= 15 is 0 Å². The molecule has 5 nitrogen and oxygen atoms in total. The highest BCUT2D eigenvalue weighted by Gasteiger charge is 2.07. The molecule has 17 heavy (non-hydrogen) atoms. The summed E-state index contributed by atoms with van der Waals surface area (Å²) in [5.41, 5.74) is 0. The SMILES string of the molecule is CCNc1ncnc(NCCN(C)CC)c1Br. The molecule has 0 aliphatic rings. The Morgan fingerprint density at radius 2 is 1.88 bits per heavy atom. The predicted octanol–water partition coefficient (Wildman–Crippen LogP) is 2.03. The van der Waals surface area contributed by atoms with E-state index in [-0.39, 0.29) is 0 Å². The van der Waals surface area contributed by atoms with Crippen LogP contribution in [0.3, 0.4) is 0 Å². The molecule has 0 saturated heterocycles. The van der Waals surface area contributed by atoms with Gasteiger partial charge < -0.3 is 15.5 Å². The largest absolute Gasteiger partial charge is 0.369 e. The fourth-order valence-corrected chi connectivity index (χ4v) is 1.79. The maximum atomic E-state index is 4.22. The summed E-state index contributed by atoms with van der Waals surface area (Å²) in [4.78, 5) is 10.6. The standard InChI is InChI=1S/C11H20BrN5/c1-4-13-10-9(12)11(16-8-15-10)14-6-7-17(3)5-2/h8H,4-7H2,1-3H3,(H2,13,14,15,16). The second-order valence-corrected chi connectivity index (χ2v) is 4.53. The molecule has 0 fully saturated rings. The average Bonchev–Trinajstić information content (AvgIpc) is 2.33. The van der Waals surface area contributed by atoms with Gasteiger partial charge in [-0.05, 0) is 36.4 Å². The third-order valence-electron chi connectivity index (χ3n) is 2.46. The summed E-state index contributed by atoms with van der Waals surface area (Å²) in [6.07, 6.45) is 1.56. The molecule has 1 heterocycles. The lowest BCUT2D eigenvalue weighted by Crippen LogP contribution is -2.25. The molecule has 0 unspecified atom stereocenters. The van der Waals surface area contributed by atoms with Gasteiger partial charge >= 0.3 is 0 Å². The van der Waals surface area contributed by atoms with Crippen molar-refractivity contribution >= 4 is 27.6 Å². The normalized spacial score (nSPS) is 10.6. The predicted molar refractivity (Wildman–Crippen MR) is 75.6 cm³/mol. The van der Waals surface area contributed by atoms with E-state index in [1.54, 1.807) is 6.33 Å². The lowest BCUT2D eigenvalue weighted by Gasteiger charge is -2.15. The van der Waals surface area contributed by atoms with Crippen molar-refractivity contribution in [2.45, 2.75) is 13.8 Å². The first-order chi connectivity index (χ1) is 8.19. The molecule has 0 saturated carbocycles. The molecule has 0 spiro atoms. The van der Waals surface area contributed by atoms with Crippen LogP contribution in [0.1, 0.15) is 13.8 Å². The molecule has 6 heteroatoms. The third-order valence-corrected chi connectivity index (χ3v) is 3.21. The van der Waals surface area contributed by atoms with Gasteiger partial charge in [0, 0.05) is 19.6 Å². The fraction of sp³-hybridized carbons (Fsp3) is 0.636. The molecule has 96 valence electrons. The smallest absolute Gasteiger partial charge is 0.145 e. The lowest BCUT2D eigenvalue weighted by atomic mass is 10.4. The molecular formula is C11H20BrN5. The zero-order chi connectivity index (χ0) is 12.7. The molecule has 1 aromatic heterocycles. The van der Waals surface area contributed by atoms with Crippen LogP contribution in [-0.4, -0.2) is 48.1 Å². The van der Waals surface area contributed by atoms with Crippen molar-refractivity contribution in [3.05, 3.63) is 10.8 Å². The number of hydrogen-bond acceptors (Lipinski definition) is 5. The van der Waals surface area contributed by atoms with Gasteiger partial charge in [0.05, 0.1) is 0 Å². The Bertz CT molecular complexity index is 345. The molecular weight excluding hydrogens is 282 g/mol. The summed E-state index contributed by atoms with van der Waals surface area (Å²) in [6.45, 7) is 7.93. The van der Waals surface area contributed by atoms with Gasteiger partial charge in [0.2, 0.25) is 0 Å². The van der Waals surface area contributed by atoms with E-state index in [4.69, 9.17) is 0 Å². The zero-order valence-corrected chi connectivity index (χ0v) is 12.2. The molecule has 0 radical (unpaired) electrons. The molecule has 2 N–H and O–H groups in total. The molecule has 0 aliphatic carbocycles. The Morgan fingerprint density at radius 1 is 1.24 bits per heavy atom. The van der Waals surface area contributed by atoms with Gasteiger partial charge in [-0.25, -0.2) is 9.97 Å². The minimum Gasteiger partial charge on any atom is -0.369 e. The Labute approximate surface area is 111 Å². The van der Waals surface area contributed by atoms with Crippen molar-refractivity contribution in [1.29, 1.82) is 0 Å². The van der Waals surface area contributed by atoms with Crippen LogP contribution < -0.4 is 10.6 Å². The van der Waals surface area contributed by atoms with Gasteiger partial charge in [-0.15, -0.1) is 0 Å². The Kier molecular flexibility index (Phi) is 6.21. The number of nitrogens with one attached hydrogen (secondary N) is 2. The van der Waals surface area contributed by atoms with Crippen LogP contribution >= 0.6 is 15.9 Å². The lowest BCUT2D eigenvalue weighted by molar-refractivity contribution is 0.367. The summed E-state index contributed by atoms with van der Waals surface area (Å²) in [7, 11) is 2.10. The highest BCUT2D eigenvalue weighted by Crippen LogP contribution is 2.25. The number of nitrogens with zero attached hydrogens (tertiary/aromatic N) is 3. The summed E-state index contributed by atoms with van der Waals surface area (Å²) in [6, 6.07) is 0. The van der Waals surface area contributed by atoms with Gasteiger partial charge in [-0.2, -0.15) is 0 Å². The minimum absolute atomic E-state index is 0.828. The monoisotopic (exact) mass is 301 g/mol. The van der Waals surface area contributed by atoms with Crippen LogP contribution in [0.25, 0.3) is 0 Å². The Hall–Kier alpha value is -0.880. The fourth-order valence-electron chi connectivity index (χ4n) is 1.31. The maximum Gasteiger partial charge on any atom is 0.145 e. The van der Waals surface area contributed by atoms with Gasteiger partial charge in [-0.1, -0.05) is 6.92 Å². The highest BCUT2D eigenvalue weighted by atomic mass is 79.9. The quantitative estimate of drug-likeness (QED) is 0.807. The van der Waals surface area contributed by atoms with Crippen LogP contribution in [-0.2, 0) is 0 Å². The first kappa shape index (κ1) is 14.2.